The van der Waals surface area contributed by atoms with E-state index in [4.69, 9.17) is 9.69 Å². The number of hydrogen-bond donors (Lipinski definition) is 0. The topological polar surface area (TPSA) is 33.0 Å². The summed E-state index contributed by atoms with van der Waals surface area (Å²) in [7, 11) is -1.42. The summed E-state index contributed by atoms with van der Waals surface area (Å²) in [4.78, 5) is 0. The van der Waals surface area contributed by atoms with E-state index < -0.39 is 8.32 Å². The first-order valence-corrected chi connectivity index (χ1v) is 9.27. The van der Waals surface area contributed by atoms with Crippen LogP contribution in [-0.2, 0) is 4.43 Å². The van der Waals surface area contributed by atoms with E-state index in [-0.39, 0.29) is 0 Å². The highest BCUT2D eigenvalue weighted by molar-refractivity contribution is 8.03. The van der Waals surface area contributed by atoms with Gasteiger partial charge >= 0.3 is 0 Å². The molecule has 0 atom stereocenters. The molecule has 0 aromatic rings. The molecular formula is C10H21NOSSi. The maximum Gasteiger partial charge on any atom is 0.187 e. The Hall–Kier alpha value is 0.0169. The summed E-state index contributed by atoms with van der Waals surface area (Å²) >= 11 is 1.35. The zero-order valence-corrected chi connectivity index (χ0v) is 11.5. The van der Waals surface area contributed by atoms with Crippen LogP contribution < -0.4 is 0 Å². The zero-order chi connectivity index (χ0) is 11.0. The average molecular weight is 231 g/mol. The number of thioether (sulfide) groups is 1. The highest BCUT2D eigenvalue weighted by atomic mass is 32.2. The first-order valence-electron chi connectivity index (χ1n) is 5.16. The van der Waals surface area contributed by atoms with Gasteiger partial charge in [-0.25, -0.2) is 0 Å². The van der Waals surface area contributed by atoms with E-state index in [0.717, 1.165) is 12.2 Å². The molecule has 0 aliphatic carbocycles. The zero-order valence-electron chi connectivity index (χ0n) is 9.67. The van der Waals surface area contributed by atoms with Gasteiger partial charge in [0.15, 0.2) is 8.32 Å². The Morgan fingerprint density at radius 2 is 2.00 bits per heavy atom. The second-order valence-corrected chi connectivity index (χ2v) is 9.46. The molecule has 0 rings (SSSR count). The molecular weight excluding hydrogens is 210 g/mol. The Balaban J connectivity index is 3.51. The van der Waals surface area contributed by atoms with Gasteiger partial charge in [-0.05, 0) is 51.2 Å². The van der Waals surface area contributed by atoms with Crippen LogP contribution in [-0.4, -0.2) is 20.2 Å². The second-order valence-electron chi connectivity index (χ2n) is 4.32. The molecule has 4 heteroatoms. The average Bonchev–Trinajstić information content (AvgIpc) is 2.01. The summed E-state index contributed by atoms with van der Waals surface area (Å²) in [5, 5.41) is 10.4. The van der Waals surface area contributed by atoms with Crippen LogP contribution >= 0.6 is 11.8 Å². The predicted molar refractivity (Wildman–Crippen MR) is 65.8 cm³/mol. The number of thiocyanates is 1. The van der Waals surface area contributed by atoms with Crippen molar-refractivity contribution in [1.82, 2.24) is 0 Å². The molecule has 0 aliphatic heterocycles. The molecule has 0 amide bonds. The molecule has 82 valence electrons. The van der Waals surface area contributed by atoms with Crippen molar-refractivity contribution in [3.8, 4) is 5.40 Å². The molecule has 2 nitrogen and oxygen atoms in total. The molecule has 0 saturated carbocycles. The molecule has 0 bridgehead atoms. The minimum Gasteiger partial charge on any atom is -0.415 e. The lowest BCUT2D eigenvalue weighted by Gasteiger charge is -2.25. The molecule has 0 N–H and O–H groups in total. The van der Waals surface area contributed by atoms with Crippen molar-refractivity contribution in [2.75, 3.05) is 5.75 Å². The summed E-state index contributed by atoms with van der Waals surface area (Å²) in [6.45, 7) is 8.73. The van der Waals surface area contributed by atoms with Crippen LogP contribution in [0.4, 0.5) is 0 Å². The third-order valence-electron chi connectivity index (χ3n) is 1.89. The van der Waals surface area contributed by atoms with Gasteiger partial charge < -0.3 is 4.43 Å². The van der Waals surface area contributed by atoms with Crippen molar-refractivity contribution < 1.29 is 4.43 Å². The third-order valence-corrected chi connectivity index (χ3v) is 5.18. The van der Waals surface area contributed by atoms with Gasteiger partial charge in [-0.2, -0.15) is 5.26 Å². The number of nitrogens with zero attached hydrogens (tertiary/aromatic N) is 1. The fraction of sp³-hybridized carbons (Fsp3) is 0.900. The van der Waals surface area contributed by atoms with Gasteiger partial charge in [-0.15, -0.1) is 0 Å². The molecule has 0 saturated heterocycles. The summed E-state index contributed by atoms with van der Waals surface area (Å²) in [5.74, 6) is 0.961. The fourth-order valence-corrected chi connectivity index (χ4v) is 4.40. The van der Waals surface area contributed by atoms with E-state index in [0.29, 0.717) is 6.10 Å². The maximum atomic E-state index is 8.34. The smallest absolute Gasteiger partial charge is 0.187 e. The van der Waals surface area contributed by atoms with Crippen LogP contribution in [0, 0.1) is 10.7 Å². The van der Waals surface area contributed by atoms with Gasteiger partial charge in [0.1, 0.15) is 5.40 Å². The largest absolute Gasteiger partial charge is 0.415 e. The van der Waals surface area contributed by atoms with Crippen LogP contribution in [0.2, 0.25) is 19.1 Å². The molecule has 0 unspecified atom stereocenters. The van der Waals surface area contributed by atoms with Gasteiger partial charge in [0.2, 0.25) is 0 Å². The van der Waals surface area contributed by atoms with Crippen LogP contribution in [0.3, 0.4) is 0 Å². The number of rotatable bonds is 7. The quantitative estimate of drug-likeness (QED) is 0.381. The van der Waals surface area contributed by atoms with E-state index in [1.807, 2.05) is 0 Å². The summed E-state index contributed by atoms with van der Waals surface area (Å²) < 4.78 is 5.91. The lowest BCUT2D eigenvalue weighted by atomic mass is 10.4. The summed E-state index contributed by atoms with van der Waals surface area (Å²) in [6, 6.07) is 1.21. The van der Waals surface area contributed by atoms with Gasteiger partial charge in [0, 0.05) is 11.9 Å². The monoisotopic (exact) mass is 231 g/mol. The normalized spacial score (nSPS) is 11.7. The van der Waals surface area contributed by atoms with Gasteiger partial charge in [0.25, 0.3) is 0 Å². The van der Waals surface area contributed by atoms with Crippen molar-refractivity contribution in [3.63, 3.8) is 0 Å². The molecule has 0 heterocycles. The Labute approximate surface area is 93.2 Å². The van der Waals surface area contributed by atoms with Crippen molar-refractivity contribution in [1.29, 1.82) is 5.26 Å². The van der Waals surface area contributed by atoms with E-state index in [1.54, 1.807) is 0 Å². The minimum atomic E-state index is -1.42. The Bertz CT molecular complexity index is 189. The first kappa shape index (κ1) is 14.0. The van der Waals surface area contributed by atoms with Gasteiger partial charge in [-0.3, -0.25) is 0 Å². The molecule has 14 heavy (non-hydrogen) atoms. The molecule has 0 radical (unpaired) electrons. The lowest BCUT2D eigenvalue weighted by molar-refractivity contribution is 0.231. The van der Waals surface area contributed by atoms with Crippen LogP contribution in [0.5, 0.6) is 0 Å². The minimum absolute atomic E-state index is 0.352. The number of unbranched alkanes of at least 4 members (excludes halogenated alkanes) is 1. The molecule has 0 fully saturated rings. The van der Waals surface area contributed by atoms with Crippen molar-refractivity contribution in [2.24, 2.45) is 0 Å². The Morgan fingerprint density at radius 1 is 1.36 bits per heavy atom. The lowest BCUT2D eigenvalue weighted by Crippen LogP contribution is -2.33. The second kappa shape index (κ2) is 7.33. The number of nitriles is 1. The van der Waals surface area contributed by atoms with Crippen molar-refractivity contribution in [2.45, 2.75) is 51.9 Å². The van der Waals surface area contributed by atoms with E-state index in [9.17, 15) is 0 Å². The van der Waals surface area contributed by atoms with Crippen LogP contribution in [0.15, 0.2) is 0 Å². The third kappa shape index (κ3) is 8.61. The SMILES string of the molecule is CC(C)O[Si](C)(C)CCCCSC#N. The van der Waals surface area contributed by atoms with Gasteiger partial charge in [0.05, 0.1) is 0 Å². The van der Waals surface area contributed by atoms with Crippen LogP contribution in [0.25, 0.3) is 0 Å². The standard InChI is InChI=1S/C10H21NOSSi/c1-10(2)12-14(3,4)8-6-5-7-13-9-11/h10H,5-8H2,1-4H3. The predicted octanol–water partition coefficient (Wildman–Crippen LogP) is 3.61. The molecule has 0 aromatic heterocycles. The van der Waals surface area contributed by atoms with E-state index in [2.05, 4.69) is 32.3 Å². The number of hydrogen-bond acceptors (Lipinski definition) is 3. The first-order chi connectivity index (χ1) is 6.48. The van der Waals surface area contributed by atoms with Crippen LogP contribution in [0.1, 0.15) is 26.7 Å². The highest BCUT2D eigenvalue weighted by Gasteiger charge is 2.22. The Kier molecular flexibility index (Phi) is 7.34. The summed E-state index contributed by atoms with van der Waals surface area (Å²) in [6.07, 6.45) is 2.68. The Morgan fingerprint density at radius 3 is 2.50 bits per heavy atom. The molecule has 0 aromatic carbocycles. The van der Waals surface area contributed by atoms with Crippen molar-refractivity contribution in [3.05, 3.63) is 0 Å². The van der Waals surface area contributed by atoms with Gasteiger partial charge in [-0.1, -0.05) is 6.42 Å². The van der Waals surface area contributed by atoms with E-state index >= 15 is 0 Å². The summed E-state index contributed by atoms with van der Waals surface area (Å²) in [5.41, 5.74) is 0. The molecule has 0 spiro atoms. The maximum absolute atomic E-state index is 8.34. The van der Waals surface area contributed by atoms with Crippen molar-refractivity contribution >= 4 is 20.1 Å². The fourth-order valence-electron chi connectivity index (χ4n) is 1.47. The molecule has 0 aliphatic rings. The highest BCUT2D eigenvalue weighted by Crippen LogP contribution is 2.18. The van der Waals surface area contributed by atoms with E-state index in [1.165, 1.54) is 24.2 Å².